The van der Waals surface area contributed by atoms with Crippen molar-refractivity contribution < 1.29 is 9.53 Å². The lowest BCUT2D eigenvalue weighted by atomic mass is 10.1. The molecule has 0 spiro atoms. The van der Waals surface area contributed by atoms with E-state index in [4.69, 9.17) is 16.3 Å². The lowest BCUT2D eigenvalue weighted by Crippen LogP contribution is -2.36. The van der Waals surface area contributed by atoms with Gasteiger partial charge in [-0.05, 0) is 57.2 Å². The van der Waals surface area contributed by atoms with Crippen LogP contribution in [0.3, 0.4) is 0 Å². The number of fused-ring (bicyclic) bond motifs is 1. The SMILES string of the molecule is CN1CCC(Nc2c(Cl)cnc3nc(-c4ccc(OCC(=O)Nc5nncs5)cc4)[nH]c23)CC1. The van der Waals surface area contributed by atoms with Gasteiger partial charge in [0.05, 0.1) is 16.9 Å². The molecule has 5 rings (SSSR count). The minimum absolute atomic E-state index is 0.127. The molecule has 3 N–H and O–H groups in total. The normalized spacial score (nSPS) is 14.9. The first-order chi connectivity index (χ1) is 16.5. The molecule has 12 heteroatoms. The molecule has 3 aromatic heterocycles. The number of hydrogen-bond acceptors (Lipinski definition) is 9. The van der Waals surface area contributed by atoms with Crippen molar-refractivity contribution in [3.63, 3.8) is 0 Å². The number of aromatic amines is 1. The van der Waals surface area contributed by atoms with Gasteiger partial charge in [0.25, 0.3) is 5.91 Å². The number of anilines is 2. The average molecular weight is 499 g/mol. The number of H-pyrrole nitrogens is 1. The van der Waals surface area contributed by atoms with E-state index in [1.807, 2.05) is 12.1 Å². The second-order valence-corrected chi connectivity index (χ2v) is 9.33. The fourth-order valence-electron chi connectivity index (χ4n) is 3.81. The van der Waals surface area contributed by atoms with Gasteiger partial charge in [0.15, 0.2) is 12.3 Å². The summed E-state index contributed by atoms with van der Waals surface area (Å²) in [4.78, 5) is 26.7. The largest absolute Gasteiger partial charge is 0.484 e. The van der Waals surface area contributed by atoms with E-state index in [0.717, 1.165) is 42.7 Å². The number of carbonyl (C=O) groups excluding carboxylic acids is 1. The van der Waals surface area contributed by atoms with E-state index < -0.39 is 0 Å². The van der Waals surface area contributed by atoms with Gasteiger partial charge < -0.3 is 19.9 Å². The van der Waals surface area contributed by atoms with Gasteiger partial charge in [0.2, 0.25) is 5.13 Å². The highest BCUT2D eigenvalue weighted by atomic mass is 35.5. The van der Waals surface area contributed by atoms with Crippen molar-refractivity contribution in [1.82, 2.24) is 30.0 Å². The Morgan fingerprint density at radius 3 is 2.82 bits per heavy atom. The number of ether oxygens (including phenoxy) is 1. The van der Waals surface area contributed by atoms with Crippen LogP contribution in [0.5, 0.6) is 5.75 Å². The van der Waals surface area contributed by atoms with Crippen molar-refractivity contribution in [1.29, 1.82) is 0 Å². The van der Waals surface area contributed by atoms with Gasteiger partial charge in [-0.3, -0.25) is 10.1 Å². The molecule has 0 bridgehead atoms. The summed E-state index contributed by atoms with van der Waals surface area (Å²) in [6, 6.07) is 7.69. The predicted octanol–water partition coefficient (Wildman–Crippen LogP) is 3.65. The molecule has 4 heterocycles. The molecular formula is C22H23ClN8O2S. The zero-order valence-electron chi connectivity index (χ0n) is 18.4. The minimum atomic E-state index is -0.300. The molecule has 10 nitrogen and oxygen atoms in total. The van der Waals surface area contributed by atoms with Gasteiger partial charge in [-0.2, -0.15) is 0 Å². The Labute approximate surface area is 204 Å². The van der Waals surface area contributed by atoms with E-state index in [2.05, 4.69) is 47.7 Å². The highest BCUT2D eigenvalue weighted by Crippen LogP contribution is 2.32. The average Bonchev–Trinajstić information content (AvgIpc) is 3.51. The number of pyridine rings is 1. The maximum atomic E-state index is 12.0. The molecule has 1 amide bonds. The number of carbonyl (C=O) groups is 1. The van der Waals surface area contributed by atoms with Crippen LogP contribution >= 0.6 is 22.9 Å². The topological polar surface area (TPSA) is 121 Å². The standard InChI is InChI=1S/C22H23ClN8O2S/c1-31-8-6-14(7-9-31)26-18-16(23)10-24-21-19(18)28-20(29-21)13-2-4-15(5-3-13)33-11-17(32)27-22-30-25-12-34-22/h2-5,10,12,14H,6-9,11H2,1H3,(H,27,30,32)(H2,24,26,28,29). The Bertz CT molecular complexity index is 1270. The maximum Gasteiger partial charge on any atom is 0.264 e. The number of nitrogens with one attached hydrogen (secondary N) is 3. The summed E-state index contributed by atoms with van der Waals surface area (Å²) in [5.41, 5.74) is 4.63. The Balaban J connectivity index is 1.28. The molecular weight excluding hydrogens is 476 g/mol. The van der Waals surface area contributed by atoms with Crippen LogP contribution in [0.2, 0.25) is 5.02 Å². The fraction of sp³-hybridized carbons (Fsp3) is 0.318. The van der Waals surface area contributed by atoms with Crippen LogP contribution < -0.4 is 15.4 Å². The third-order valence-electron chi connectivity index (χ3n) is 5.64. The summed E-state index contributed by atoms with van der Waals surface area (Å²) in [6.07, 6.45) is 3.74. The fourth-order valence-corrected chi connectivity index (χ4v) is 4.47. The molecule has 0 aliphatic carbocycles. The Kier molecular flexibility index (Phi) is 6.57. The van der Waals surface area contributed by atoms with E-state index >= 15 is 0 Å². The van der Waals surface area contributed by atoms with Crippen LogP contribution in [-0.4, -0.2) is 68.7 Å². The van der Waals surface area contributed by atoms with Crippen LogP contribution in [0.1, 0.15) is 12.8 Å². The summed E-state index contributed by atoms with van der Waals surface area (Å²) < 4.78 is 5.56. The number of imidazole rings is 1. The van der Waals surface area contributed by atoms with Crippen LogP contribution in [0.4, 0.5) is 10.8 Å². The highest BCUT2D eigenvalue weighted by molar-refractivity contribution is 7.13. The second kappa shape index (κ2) is 9.92. The van der Waals surface area contributed by atoms with Gasteiger partial charge in [0.1, 0.15) is 22.6 Å². The third-order valence-corrected chi connectivity index (χ3v) is 6.54. The van der Waals surface area contributed by atoms with Gasteiger partial charge in [0, 0.05) is 11.6 Å². The van der Waals surface area contributed by atoms with Crippen LogP contribution in [0.15, 0.2) is 36.0 Å². The summed E-state index contributed by atoms with van der Waals surface area (Å²) in [5, 5.41) is 14.7. The van der Waals surface area contributed by atoms with Gasteiger partial charge in [-0.25, -0.2) is 9.97 Å². The summed E-state index contributed by atoms with van der Waals surface area (Å²) >= 11 is 7.74. The summed E-state index contributed by atoms with van der Waals surface area (Å²) in [7, 11) is 2.14. The highest BCUT2D eigenvalue weighted by Gasteiger charge is 2.20. The zero-order valence-corrected chi connectivity index (χ0v) is 20.0. The molecule has 1 saturated heterocycles. The number of piperidine rings is 1. The Morgan fingerprint density at radius 1 is 1.29 bits per heavy atom. The monoisotopic (exact) mass is 498 g/mol. The number of rotatable bonds is 7. The van der Waals surface area contributed by atoms with E-state index in [9.17, 15) is 4.79 Å². The third kappa shape index (κ3) is 5.11. The molecule has 0 atom stereocenters. The predicted molar refractivity (Wildman–Crippen MR) is 133 cm³/mol. The first-order valence-corrected chi connectivity index (χ1v) is 12.1. The number of aromatic nitrogens is 5. The van der Waals surface area contributed by atoms with E-state index in [1.54, 1.807) is 23.8 Å². The molecule has 1 aliphatic rings. The van der Waals surface area contributed by atoms with E-state index in [-0.39, 0.29) is 12.5 Å². The van der Waals surface area contributed by atoms with Gasteiger partial charge in [-0.1, -0.05) is 22.9 Å². The lowest BCUT2D eigenvalue weighted by molar-refractivity contribution is -0.118. The molecule has 0 unspecified atom stereocenters. The van der Waals surface area contributed by atoms with Crippen molar-refractivity contribution in [3.05, 3.63) is 41.0 Å². The number of benzene rings is 1. The molecule has 0 saturated carbocycles. The second-order valence-electron chi connectivity index (χ2n) is 8.09. The van der Waals surface area contributed by atoms with Crippen molar-refractivity contribution >= 4 is 50.8 Å². The lowest BCUT2D eigenvalue weighted by Gasteiger charge is -2.30. The number of nitrogens with zero attached hydrogens (tertiary/aromatic N) is 5. The molecule has 34 heavy (non-hydrogen) atoms. The Hall–Kier alpha value is -3.28. The number of likely N-dealkylation sites (tertiary alicyclic amines) is 1. The molecule has 1 aliphatic heterocycles. The number of hydrogen-bond donors (Lipinski definition) is 3. The molecule has 1 aromatic carbocycles. The summed E-state index contributed by atoms with van der Waals surface area (Å²) in [5.74, 6) is 0.945. The quantitative estimate of drug-likeness (QED) is 0.353. The molecule has 0 radical (unpaired) electrons. The van der Waals surface area contributed by atoms with Crippen LogP contribution in [-0.2, 0) is 4.79 Å². The van der Waals surface area contributed by atoms with E-state index in [1.165, 1.54) is 11.3 Å². The first-order valence-electron chi connectivity index (χ1n) is 10.8. The van der Waals surface area contributed by atoms with E-state index in [0.29, 0.717) is 33.4 Å². The Morgan fingerprint density at radius 2 is 2.09 bits per heavy atom. The van der Waals surface area contributed by atoms with Crippen LogP contribution in [0, 0.1) is 0 Å². The number of halogens is 1. The minimum Gasteiger partial charge on any atom is -0.484 e. The molecule has 1 fully saturated rings. The van der Waals surface area contributed by atoms with Crippen molar-refractivity contribution in [2.24, 2.45) is 0 Å². The van der Waals surface area contributed by atoms with Crippen LogP contribution in [0.25, 0.3) is 22.6 Å². The first kappa shape index (κ1) is 22.5. The maximum absolute atomic E-state index is 12.0. The van der Waals surface area contributed by atoms with Crippen molar-refractivity contribution in [2.45, 2.75) is 18.9 Å². The smallest absolute Gasteiger partial charge is 0.264 e. The molecule has 4 aromatic rings. The van der Waals surface area contributed by atoms with Crippen molar-refractivity contribution in [2.75, 3.05) is 37.4 Å². The zero-order chi connectivity index (χ0) is 23.5. The molecule has 176 valence electrons. The summed E-state index contributed by atoms with van der Waals surface area (Å²) in [6.45, 7) is 1.98. The van der Waals surface area contributed by atoms with Gasteiger partial charge in [-0.15, -0.1) is 10.2 Å². The van der Waals surface area contributed by atoms with Crippen molar-refractivity contribution in [3.8, 4) is 17.1 Å². The van der Waals surface area contributed by atoms with Gasteiger partial charge >= 0.3 is 0 Å². The number of amides is 1.